The van der Waals surface area contributed by atoms with Crippen LogP contribution in [-0.4, -0.2) is 48.9 Å². The molecule has 0 aromatic rings. The number of hydrogen-bond acceptors (Lipinski definition) is 3. The smallest absolute Gasteiger partial charge is 0.236 e. The van der Waals surface area contributed by atoms with Gasteiger partial charge in [0.25, 0.3) is 0 Å². The van der Waals surface area contributed by atoms with Gasteiger partial charge in [-0.15, -0.1) is 0 Å². The Morgan fingerprint density at radius 2 is 1.83 bits per heavy atom. The van der Waals surface area contributed by atoms with E-state index in [2.05, 4.69) is 11.0 Å². The van der Waals surface area contributed by atoms with Crippen molar-refractivity contribution in [2.24, 2.45) is 0 Å². The Balaban J connectivity index is 2.35. The van der Waals surface area contributed by atoms with Gasteiger partial charge in [-0.05, 0) is 19.9 Å². The fourth-order valence-electron chi connectivity index (χ4n) is 2.50. The molecule has 0 N–H and O–H groups in total. The number of nitrogens with zero attached hydrogens (tertiary/aromatic N) is 3. The summed E-state index contributed by atoms with van der Waals surface area (Å²) in [5, 5.41) is 8.52. The molecule has 18 heavy (non-hydrogen) atoms. The number of hydrogen-bond donors (Lipinski definition) is 0. The van der Waals surface area contributed by atoms with Crippen LogP contribution >= 0.6 is 0 Å². The first-order valence-corrected chi connectivity index (χ1v) is 6.96. The highest BCUT2D eigenvalue weighted by molar-refractivity contribution is 5.78. The summed E-state index contributed by atoms with van der Waals surface area (Å²) in [6, 6.07) is 2.63. The first kappa shape index (κ1) is 15.0. The second kappa shape index (κ2) is 8.10. The molecule has 0 bridgehead atoms. The third-order valence-electron chi connectivity index (χ3n) is 3.82. The van der Waals surface area contributed by atoms with Crippen molar-refractivity contribution in [3.8, 4) is 6.07 Å². The first-order valence-electron chi connectivity index (χ1n) is 6.96. The molecule has 1 amide bonds. The molecule has 1 aliphatic carbocycles. The van der Waals surface area contributed by atoms with E-state index in [0.717, 1.165) is 0 Å². The fourth-order valence-corrected chi connectivity index (χ4v) is 2.50. The summed E-state index contributed by atoms with van der Waals surface area (Å²) >= 11 is 0. The quantitative estimate of drug-likeness (QED) is 0.702. The van der Waals surface area contributed by atoms with Gasteiger partial charge in [-0.3, -0.25) is 9.69 Å². The predicted octanol–water partition coefficient (Wildman–Crippen LogP) is 2.01. The Morgan fingerprint density at radius 1 is 1.22 bits per heavy atom. The van der Waals surface area contributed by atoms with E-state index in [4.69, 9.17) is 5.26 Å². The number of rotatable bonds is 5. The second-order valence-electron chi connectivity index (χ2n) is 5.28. The van der Waals surface area contributed by atoms with E-state index in [1.807, 2.05) is 7.05 Å². The van der Waals surface area contributed by atoms with Crippen molar-refractivity contribution in [1.29, 1.82) is 5.26 Å². The number of likely N-dealkylation sites (N-methyl/N-ethyl adjacent to an activating group) is 2. The normalized spacial score (nSPS) is 17.2. The highest BCUT2D eigenvalue weighted by Gasteiger charge is 2.20. The molecular weight excluding hydrogens is 226 g/mol. The molecule has 0 aromatic heterocycles. The minimum atomic E-state index is 0.122. The van der Waals surface area contributed by atoms with Crippen LogP contribution in [0.2, 0.25) is 0 Å². The summed E-state index contributed by atoms with van der Waals surface area (Å²) < 4.78 is 0. The van der Waals surface area contributed by atoms with E-state index in [0.29, 0.717) is 25.6 Å². The van der Waals surface area contributed by atoms with Crippen molar-refractivity contribution in [1.82, 2.24) is 9.80 Å². The van der Waals surface area contributed by atoms with Crippen LogP contribution in [0.25, 0.3) is 0 Å². The van der Waals surface area contributed by atoms with Crippen LogP contribution in [0.5, 0.6) is 0 Å². The average molecular weight is 251 g/mol. The lowest BCUT2D eigenvalue weighted by Crippen LogP contribution is -2.41. The van der Waals surface area contributed by atoms with Crippen molar-refractivity contribution in [3.05, 3.63) is 0 Å². The van der Waals surface area contributed by atoms with Crippen LogP contribution in [0.4, 0.5) is 0 Å². The van der Waals surface area contributed by atoms with Crippen molar-refractivity contribution < 1.29 is 4.79 Å². The summed E-state index contributed by atoms with van der Waals surface area (Å²) in [6.07, 6.45) is 8.08. The van der Waals surface area contributed by atoms with Gasteiger partial charge in [-0.2, -0.15) is 5.26 Å². The molecule has 4 nitrogen and oxygen atoms in total. The largest absolute Gasteiger partial charge is 0.344 e. The molecule has 102 valence electrons. The molecule has 0 aliphatic heterocycles. The Labute approximate surface area is 111 Å². The fraction of sp³-hybridized carbons (Fsp3) is 0.857. The van der Waals surface area contributed by atoms with Crippen molar-refractivity contribution in [3.63, 3.8) is 0 Å². The van der Waals surface area contributed by atoms with Crippen LogP contribution in [-0.2, 0) is 4.79 Å². The van der Waals surface area contributed by atoms with Gasteiger partial charge < -0.3 is 4.90 Å². The molecule has 0 unspecified atom stereocenters. The Hall–Kier alpha value is -1.08. The Morgan fingerprint density at radius 3 is 2.39 bits per heavy atom. The molecule has 0 saturated heterocycles. The molecule has 0 atom stereocenters. The summed E-state index contributed by atoms with van der Waals surface area (Å²) in [7, 11) is 3.83. The minimum Gasteiger partial charge on any atom is -0.344 e. The molecule has 0 heterocycles. The van der Waals surface area contributed by atoms with Gasteiger partial charge in [0.15, 0.2) is 0 Å². The summed E-state index contributed by atoms with van der Waals surface area (Å²) in [4.78, 5) is 15.8. The van der Waals surface area contributed by atoms with Gasteiger partial charge in [0.2, 0.25) is 5.91 Å². The molecular formula is C14H25N3O. The molecule has 0 aromatic carbocycles. The van der Waals surface area contributed by atoms with Gasteiger partial charge in [-0.25, -0.2) is 0 Å². The van der Waals surface area contributed by atoms with Crippen molar-refractivity contribution in [2.45, 2.75) is 51.0 Å². The van der Waals surface area contributed by atoms with Gasteiger partial charge in [0.05, 0.1) is 19.0 Å². The lowest BCUT2D eigenvalue weighted by Gasteiger charge is -2.28. The minimum absolute atomic E-state index is 0.122. The van der Waals surface area contributed by atoms with E-state index in [1.54, 1.807) is 11.9 Å². The summed E-state index contributed by atoms with van der Waals surface area (Å²) in [5.41, 5.74) is 0. The number of nitriles is 1. The number of carbonyl (C=O) groups excluding carboxylic acids is 1. The van der Waals surface area contributed by atoms with Crippen LogP contribution < -0.4 is 0 Å². The van der Waals surface area contributed by atoms with Gasteiger partial charge in [0, 0.05) is 19.6 Å². The van der Waals surface area contributed by atoms with E-state index in [9.17, 15) is 4.79 Å². The molecule has 0 spiro atoms. The van der Waals surface area contributed by atoms with E-state index in [1.165, 1.54) is 38.5 Å². The maximum atomic E-state index is 12.0. The molecule has 1 rings (SSSR count). The Bertz CT molecular complexity index is 290. The third-order valence-corrected chi connectivity index (χ3v) is 3.82. The SMILES string of the molecule is CN(CCC#N)C(=O)CN(C)C1CCCCCC1. The monoisotopic (exact) mass is 251 g/mol. The lowest BCUT2D eigenvalue weighted by atomic mass is 10.1. The van der Waals surface area contributed by atoms with Gasteiger partial charge in [0.1, 0.15) is 0 Å². The Kier molecular flexibility index (Phi) is 6.74. The summed E-state index contributed by atoms with van der Waals surface area (Å²) in [5.74, 6) is 0.122. The van der Waals surface area contributed by atoms with E-state index < -0.39 is 0 Å². The average Bonchev–Trinajstić information content (AvgIpc) is 2.64. The zero-order valence-electron chi connectivity index (χ0n) is 11.7. The number of carbonyl (C=O) groups is 1. The predicted molar refractivity (Wildman–Crippen MR) is 72.0 cm³/mol. The first-order chi connectivity index (χ1) is 8.65. The molecule has 1 fully saturated rings. The standard InChI is InChI=1S/C14H25N3O/c1-16(11-7-10-15)14(18)12-17(2)13-8-5-3-4-6-9-13/h13H,3-9,11-12H2,1-2H3. The molecule has 1 aliphatic rings. The van der Waals surface area contributed by atoms with Crippen LogP contribution in [0.3, 0.4) is 0 Å². The van der Waals surface area contributed by atoms with Crippen LogP contribution in [0.15, 0.2) is 0 Å². The zero-order valence-corrected chi connectivity index (χ0v) is 11.7. The van der Waals surface area contributed by atoms with E-state index in [-0.39, 0.29) is 5.91 Å². The highest BCUT2D eigenvalue weighted by Crippen LogP contribution is 2.20. The summed E-state index contributed by atoms with van der Waals surface area (Å²) in [6.45, 7) is 1.01. The van der Waals surface area contributed by atoms with Crippen LogP contribution in [0.1, 0.15) is 44.9 Å². The zero-order chi connectivity index (χ0) is 13.4. The molecule has 1 saturated carbocycles. The second-order valence-corrected chi connectivity index (χ2v) is 5.28. The third kappa shape index (κ3) is 5.05. The van der Waals surface area contributed by atoms with E-state index >= 15 is 0 Å². The maximum absolute atomic E-state index is 12.0. The van der Waals surface area contributed by atoms with Crippen LogP contribution in [0, 0.1) is 11.3 Å². The van der Waals surface area contributed by atoms with Crippen molar-refractivity contribution >= 4 is 5.91 Å². The van der Waals surface area contributed by atoms with Gasteiger partial charge >= 0.3 is 0 Å². The molecule has 0 radical (unpaired) electrons. The lowest BCUT2D eigenvalue weighted by molar-refractivity contribution is -0.131. The maximum Gasteiger partial charge on any atom is 0.236 e. The molecule has 4 heteroatoms. The topological polar surface area (TPSA) is 47.3 Å². The van der Waals surface area contributed by atoms with Crippen molar-refractivity contribution in [2.75, 3.05) is 27.2 Å². The highest BCUT2D eigenvalue weighted by atomic mass is 16.2. The number of amides is 1. The van der Waals surface area contributed by atoms with Gasteiger partial charge in [-0.1, -0.05) is 25.7 Å².